The highest BCUT2D eigenvalue weighted by atomic mass is 15.1. The van der Waals surface area contributed by atoms with Gasteiger partial charge in [-0.1, -0.05) is 44.0 Å². The molecule has 0 saturated carbocycles. The maximum Gasteiger partial charge on any atom is 0.0857 e. The van der Waals surface area contributed by atoms with Gasteiger partial charge in [0.2, 0.25) is 0 Å². The van der Waals surface area contributed by atoms with Crippen LogP contribution in [-0.2, 0) is 0 Å². The highest BCUT2D eigenvalue weighted by Crippen LogP contribution is 2.13. The van der Waals surface area contributed by atoms with Crippen molar-refractivity contribution in [3.8, 4) is 0 Å². The van der Waals surface area contributed by atoms with Gasteiger partial charge in [-0.2, -0.15) is 20.5 Å². The smallest absolute Gasteiger partial charge is 0.0857 e. The standard InChI is InChI=1S/C19H20N4/c1-5-16(6-2)20-21-17(7-3)14-15-18(8-4)22-23-19-12-10-9-11-13-19/h5-15H,1,3-4H2,2H3/b16-6+,17-14+,18-15+,21-20?,23-22?. The van der Waals surface area contributed by atoms with E-state index in [1.807, 2.05) is 43.3 Å². The van der Waals surface area contributed by atoms with E-state index < -0.39 is 0 Å². The summed E-state index contributed by atoms with van der Waals surface area (Å²) in [4.78, 5) is 0. The fourth-order valence-electron chi connectivity index (χ4n) is 1.40. The Hall–Kier alpha value is -3.14. The topological polar surface area (TPSA) is 49.4 Å². The molecule has 0 aromatic heterocycles. The molecule has 0 fully saturated rings. The summed E-state index contributed by atoms with van der Waals surface area (Å²) in [5, 5.41) is 16.4. The largest absolute Gasteiger partial charge is 0.151 e. The van der Waals surface area contributed by atoms with Crippen LogP contribution in [0.5, 0.6) is 0 Å². The first-order valence-electron chi connectivity index (χ1n) is 7.07. The van der Waals surface area contributed by atoms with E-state index in [0.29, 0.717) is 17.1 Å². The third-order valence-corrected chi connectivity index (χ3v) is 2.67. The van der Waals surface area contributed by atoms with E-state index in [0.717, 1.165) is 5.69 Å². The fraction of sp³-hybridized carbons (Fsp3) is 0.0526. The van der Waals surface area contributed by atoms with Crippen molar-refractivity contribution in [2.24, 2.45) is 20.5 Å². The molecule has 1 aromatic carbocycles. The molecule has 0 heterocycles. The second kappa shape index (κ2) is 10.6. The van der Waals surface area contributed by atoms with E-state index in [4.69, 9.17) is 0 Å². The maximum atomic E-state index is 4.14. The zero-order valence-electron chi connectivity index (χ0n) is 13.3. The maximum absolute atomic E-state index is 4.14. The van der Waals surface area contributed by atoms with Crippen molar-refractivity contribution in [1.82, 2.24) is 0 Å². The van der Waals surface area contributed by atoms with Crippen molar-refractivity contribution in [3.05, 3.63) is 104 Å². The third-order valence-electron chi connectivity index (χ3n) is 2.67. The lowest BCUT2D eigenvalue weighted by Crippen LogP contribution is -1.74. The molecule has 1 rings (SSSR count). The van der Waals surface area contributed by atoms with Crippen molar-refractivity contribution in [1.29, 1.82) is 0 Å². The third kappa shape index (κ3) is 6.91. The van der Waals surface area contributed by atoms with E-state index in [1.165, 1.54) is 0 Å². The average molecular weight is 304 g/mol. The van der Waals surface area contributed by atoms with Crippen LogP contribution in [0.3, 0.4) is 0 Å². The number of rotatable bonds is 8. The Balaban J connectivity index is 2.91. The molecule has 116 valence electrons. The minimum atomic E-state index is 0.598. The predicted molar refractivity (Wildman–Crippen MR) is 96.3 cm³/mol. The number of azo groups is 2. The first-order valence-corrected chi connectivity index (χ1v) is 7.07. The quantitative estimate of drug-likeness (QED) is 0.391. The lowest BCUT2D eigenvalue weighted by Gasteiger charge is -1.94. The van der Waals surface area contributed by atoms with Gasteiger partial charge in [0.05, 0.1) is 22.8 Å². The van der Waals surface area contributed by atoms with Crippen LogP contribution in [0, 0.1) is 0 Å². The van der Waals surface area contributed by atoms with Crippen molar-refractivity contribution < 1.29 is 0 Å². The Labute approximate surface area is 137 Å². The minimum absolute atomic E-state index is 0.598. The highest BCUT2D eigenvalue weighted by molar-refractivity contribution is 5.35. The lowest BCUT2D eigenvalue weighted by atomic mass is 10.3. The molecule has 0 N–H and O–H groups in total. The molecule has 1 aromatic rings. The van der Waals surface area contributed by atoms with E-state index >= 15 is 0 Å². The second-order valence-corrected chi connectivity index (χ2v) is 4.24. The van der Waals surface area contributed by atoms with E-state index in [9.17, 15) is 0 Å². The molecule has 0 atom stereocenters. The number of hydrogen-bond acceptors (Lipinski definition) is 4. The van der Waals surface area contributed by atoms with Gasteiger partial charge in [-0.05, 0) is 49.4 Å². The zero-order valence-corrected chi connectivity index (χ0v) is 13.3. The van der Waals surface area contributed by atoms with Crippen molar-refractivity contribution >= 4 is 5.69 Å². The van der Waals surface area contributed by atoms with E-state index in [2.05, 4.69) is 40.2 Å². The molecule has 0 aliphatic rings. The highest BCUT2D eigenvalue weighted by Gasteiger charge is 1.91. The Morgan fingerprint density at radius 2 is 1.30 bits per heavy atom. The Morgan fingerprint density at radius 3 is 1.83 bits per heavy atom. The van der Waals surface area contributed by atoms with Gasteiger partial charge in [-0.3, -0.25) is 0 Å². The zero-order chi connectivity index (χ0) is 16.9. The molecule has 0 aliphatic heterocycles. The first kappa shape index (κ1) is 17.9. The van der Waals surface area contributed by atoms with Gasteiger partial charge in [0.15, 0.2) is 0 Å². The molecule has 0 aliphatic carbocycles. The van der Waals surface area contributed by atoms with Crippen LogP contribution in [0.2, 0.25) is 0 Å². The summed E-state index contributed by atoms with van der Waals surface area (Å²) in [5.74, 6) is 0. The molecule has 0 bridgehead atoms. The molecular weight excluding hydrogens is 284 g/mol. The molecule has 4 nitrogen and oxygen atoms in total. The Morgan fingerprint density at radius 1 is 0.783 bits per heavy atom. The first-order chi connectivity index (χ1) is 11.2. The normalized spacial score (nSPS) is 13.5. The fourth-order valence-corrected chi connectivity index (χ4v) is 1.40. The van der Waals surface area contributed by atoms with Crippen LogP contribution in [0.1, 0.15) is 6.92 Å². The molecule has 23 heavy (non-hydrogen) atoms. The van der Waals surface area contributed by atoms with Gasteiger partial charge in [0.25, 0.3) is 0 Å². The van der Waals surface area contributed by atoms with Crippen molar-refractivity contribution in [3.63, 3.8) is 0 Å². The monoisotopic (exact) mass is 304 g/mol. The van der Waals surface area contributed by atoms with Crippen LogP contribution in [0.25, 0.3) is 0 Å². The molecule has 0 spiro atoms. The lowest BCUT2D eigenvalue weighted by molar-refractivity contribution is 1.12. The molecular formula is C19H20N4. The van der Waals surface area contributed by atoms with Gasteiger partial charge in [-0.25, -0.2) is 0 Å². The SMILES string of the molecule is C=C/C(=C\C)N=N/C(C=C)=C/C=C(\C=C)N=Nc1ccccc1. The predicted octanol–water partition coefficient (Wildman–Crippen LogP) is 6.45. The summed E-state index contributed by atoms with van der Waals surface area (Å²) in [5.41, 5.74) is 2.67. The van der Waals surface area contributed by atoms with Gasteiger partial charge >= 0.3 is 0 Å². The summed E-state index contributed by atoms with van der Waals surface area (Å²) >= 11 is 0. The van der Waals surface area contributed by atoms with Crippen LogP contribution >= 0.6 is 0 Å². The number of benzene rings is 1. The summed E-state index contributed by atoms with van der Waals surface area (Å²) < 4.78 is 0. The number of hydrogen-bond donors (Lipinski definition) is 0. The Bertz CT molecular complexity index is 689. The van der Waals surface area contributed by atoms with Gasteiger partial charge < -0.3 is 0 Å². The summed E-state index contributed by atoms with van der Waals surface area (Å²) in [7, 11) is 0. The van der Waals surface area contributed by atoms with E-state index in [1.54, 1.807) is 30.4 Å². The van der Waals surface area contributed by atoms with Gasteiger partial charge in [0.1, 0.15) is 0 Å². The van der Waals surface area contributed by atoms with Crippen LogP contribution in [0.15, 0.2) is 124 Å². The van der Waals surface area contributed by atoms with Crippen molar-refractivity contribution in [2.45, 2.75) is 6.92 Å². The molecule has 0 unspecified atom stereocenters. The number of allylic oxidation sites excluding steroid dienone is 6. The van der Waals surface area contributed by atoms with Gasteiger partial charge in [0, 0.05) is 0 Å². The van der Waals surface area contributed by atoms with Gasteiger partial charge in [-0.15, -0.1) is 0 Å². The summed E-state index contributed by atoms with van der Waals surface area (Å²) in [6, 6.07) is 9.48. The van der Waals surface area contributed by atoms with Crippen molar-refractivity contribution in [2.75, 3.05) is 0 Å². The second-order valence-electron chi connectivity index (χ2n) is 4.24. The summed E-state index contributed by atoms with van der Waals surface area (Å²) in [6.07, 6.45) is 10.2. The molecule has 0 saturated heterocycles. The van der Waals surface area contributed by atoms with Crippen LogP contribution in [0.4, 0.5) is 5.69 Å². The van der Waals surface area contributed by atoms with E-state index in [-0.39, 0.29) is 0 Å². The minimum Gasteiger partial charge on any atom is -0.151 e. The van der Waals surface area contributed by atoms with Crippen LogP contribution in [-0.4, -0.2) is 0 Å². The Kier molecular flexibility index (Phi) is 8.23. The van der Waals surface area contributed by atoms with Crippen LogP contribution < -0.4 is 0 Å². The summed E-state index contributed by atoms with van der Waals surface area (Å²) in [6.45, 7) is 13.0. The molecule has 0 amide bonds. The average Bonchev–Trinajstić information content (AvgIpc) is 2.61. The molecule has 4 heteroatoms. The molecule has 0 radical (unpaired) electrons. The number of nitrogens with zero attached hydrogens (tertiary/aromatic N) is 4.